The molecule has 0 radical (unpaired) electrons. The summed E-state index contributed by atoms with van der Waals surface area (Å²) in [6.45, 7) is 10.7. The van der Waals surface area contributed by atoms with Gasteiger partial charge in [0.05, 0.1) is 8.07 Å². The molecule has 0 saturated heterocycles. The molecular formula is C18H34Si. The van der Waals surface area contributed by atoms with Crippen molar-refractivity contribution in [2.75, 3.05) is 0 Å². The van der Waals surface area contributed by atoms with Crippen molar-refractivity contribution in [1.29, 1.82) is 0 Å². The first-order valence-electron chi connectivity index (χ1n) is 9.01. The zero-order valence-corrected chi connectivity index (χ0v) is 14.6. The number of hydrogen-bond donors (Lipinski definition) is 0. The molecule has 3 aliphatic rings. The van der Waals surface area contributed by atoms with Gasteiger partial charge in [-0.3, -0.25) is 0 Å². The Hall–Kier alpha value is 0.217. The molecule has 0 aromatic rings. The lowest BCUT2D eigenvalue weighted by Gasteiger charge is -2.44. The van der Waals surface area contributed by atoms with Gasteiger partial charge in [0.2, 0.25) is 0 Å². The minimum atomic E-state index is -1.07. The van der Waals surface area contributed by atoms with Gasteiger partial charge in [0, 0.05) is 0 Å². The third-order valence-corrected chi connectivity index (χ3v) is 12.9. The second-order valence-electron chi connectivity index (χ2n) is 8.78. The first-order valence-corrected chi connectivity index (χ1v) is 12.2. The molecule has 3 saturated carbocycles. The van der Waals surface area contributed by atoms with Crippen LogP contribution in [0, 0.1) is 23.7 Å². The van der Waals surface area contributed by atoms with E-state index in [0.29, 0.717) is 0 Å². The average molecular weight is 279 g/mol. The van der Waals surface area contributed by atoms with Crippen LogP contribution in [0.25, 0.3) is 0 Å². The fourth-order valence-electron chi connectivity index (χ4n) is 6.83. The second-order valence-corrected chi connectivity index (χ2v) is 13.8. The third-order valence-electron chi connectivity index (χ3n) is 7.39. The van der Waals surface area contributed by atoms with Crippen LogP contribution in [-0.4, -0.2) is 8.07 Å². The van der Waals surface area contributed by atoms with E-state index in [4.69, 9.17) is 0 Å². The summed E-state index contributed by atoms with van der Waals surface area (Å²) in [5.74, 6) is 4.34. The topological polar surface area (TPSA) is 0 Å². The van der Waals surface area contributed by atoms with Crippen molar-refractivity contribution in [1.82, 2.24) is 0 Å². The van der Waals surface area contributed by atoms with Gasteiger partial charge in [-0.25, -0.2) is 0 Å². The summed E-state index contributed by atoms with van der Waals surface area (Å²) in [6.07, 6.45) is 12.4. The Balaban J connectivity index is 1.82. The Morgan fingerprint density at radius 3 is 2.21 bits per heavy atom. The Morgan fingerprint density at radius 1 is 0.789 bits per heavy atom. The van der Waals surface area contributed by atoms with Crippen molar-refractivity contribution in [3.8, 4) is 0 Å². The summed E-state index contributed by atoms with van der Waals surface area (Å²) in [6, 6.07) is 0. The summed E-state index contributed by atoms with van der Waals surface area (Å²) in [5.41, 5.74) is 2.30. The van der Waals surface area contributed by atoms with Gasteiger partial charge in [-0.15, -0.1) is 0 Å². The van der Waals surface area contributed by atoms with Crippen LogP contribution in [0.2, 0.25) is 24.2 Å². The maximum absolute atomic E-state index is 2.78. The highest BCUT2D eigenvalue weighted by atomic mass is 28.3. The highest BCUT2D eigenvalue weighted by Crippen LogP contribution is 2.60. The minimum absolute atomic E-state index is 1.04. The van der Waals surface area contributed by atoms with Gasteiger partial charge in [0.1, 0.15) is 0 Å². The van der Waals surface area contributed by atoms with E-state index in [1.807, 2.05) is 0 Å². The van der Waals surface area contributed by atoms with Crippen molar-refractivity contribution in [2.24, 2.45) is 23.7 Å². The molecule has 6 unspecified atom stereocenters. The number of hydrogen-bond acceptors (Lipinski definition) is 0. The molecule has 19 heavy (non-hydrogen) atoms. The van der Waals surface area contributed by atoms with Crippen LogP contribution in [0.4, 0.5) is 0 Å². The molecule has 0 bridgehead atoms. The van der Waals surface area contributed by atoms with Crippen LogP contribution in [0.5, 0.6) is 0 Å². The predicted octanol–water partition coefficient (Wildman–Crippen LogP) is 6.10. The maximum Gasteiger partial charge on any atom is 0.0544 e. The Kier molecular flexibility index (Phi) is 3.88. The fraction of sp³-hybridized carbons (Fsp3) is 1.00. The second kappa shape index (κ2) is 5.20. The average Bonchev–Trinajstić information content (AvgIpc) is 2.91. The molecule has 3 aliphatic carbocycles. The van der Waals surface area contributed by atoms with Gasteiger partial charge in [0.25, 0.3) is 0 Å². The van der Waals surface area contributed by atoms with Gasteiger partial charge in [-0.1, -0.05) is 71.9 Å². The third kappa shape index (κ3) is 2.34. The van der Waals surface area contributed by atoms with Gasteiger partial charge in [-0.2, -0.15) is 0 Å². The van der Waals surface area contributed by atoms with E-state index >= 15 is 0 Å². The Bertz CT molecular complexity index is 322. The molecule has 0 aliphatic heterocycles. The molecule has 1 heteroatoms. The largest absolute Gasteiger partial charge is 0.0689 e. The van der Waals surface area contributed by atoms with Crippen molar-refractivity contribution < 1.29 is 0 Å². The van der Waals surface area contributed by atoms with Gasteiger partial charge < -0.3 is 0 Å². The molecule has 0 spiro atoms. The van der Waals surface area contributed by atoms with Crippen LogP contribution in [0.3, 0.4) is 0 Å². The molecule has 0 aromatic carbocycles. The van der Waals surface area contributed by atoms with Gasteiger partial charge in [0.15, 0.2) is 0 Å². The standard InChI is InChI=1S/C18H34Si/c1-13-8-7-11-17(13)19(3,4)18-14(2)12-15-9-5-6-10-16(15)18/h13-18H,5-12H2,1-4H3. The van der Waals surface area contributed by atoms with Crippen molar-refractivity contribution in [2.45, 2.75) is 89.4 Å². The van der Waals surface area contributed by atoms with Crippen LogP contribution in [-0.2, 0) is 0 Å². The van der Waals surface area contributed by atoms with Gasteiger partial charge in [-0.05, 0) is 41.2 Å². The fourth-order valence-corrected chi connectivity index (χ4v) is 13.1. The molecule has 3 fully saturated rings. The zero-order chi connectivity index (χ0) is 13.6. The quantitative estimate of drug-likeness (QED) is 0.535. The molecule has 6 atom stereocenters. The molecule has 0 aromatic heterocycles. The van der Waals surface area contributed by atoms with Crippen LogP contribution in [0.15, 0.2) is 0 Å². The zero-order valence-electron chi connectivity index (χ0n) is 13.6. The van der Waals surface area contributed by atoms with Crippen molar-refractivity contribution in [3.05, 3.63) is 0 Å². The van der Waals surface area contributed by atoms with Crippen molar-refractivity contribution in [3.63, 3.8) is 0 Å². The summed E-state index contributed by atoms with van der Waals surface area (Å²) in [7, 11) is -1.07. The van der Waals surface area contributed by atoms with E-state index in [-0.39, 0.29) is 0 Å². The summed E-state index contributed by atoms with van der Waals surface area (Å²) < 4.78 is 0. The molecule has 3 rings (SSSR count). The highest BCUT2D eigenvalue weighted by Gasteiger charge is 2.53. The van der Waals surface area contributed by atoms with E-state index in [2.05, 4.69) is 26.9 Å². The highest BCUT2D eigenvalue weighted by molar-refractivity contribution is 6.80. The van der Waals surface area contributed by atoms with E-state index in [1.165, 1.54) is 25.7 Å². The number of rotatable bonds is 2. The molecule has 0 N–H and O–H groups in total. The maximum atomic E-state index is 2.78. The molecular weight excluding hydrogens is 244 g/mol. The van der Waals surface area contributed by atoms with Crippen LogP contribution in [0.1, 0.15) is 65.2 Å². The lowest BCUT2D eigenvalue weighted by molar-refractivity contribution is 0.273. The van der Waals surface area contributed by atoms with E-state index < -0.39 is 8.07 Å². The SMILES string of the molecule is CC1CCCC1[Si](C)(C)C1C(C)CC2CCCCC21. The van der Waals surface area contributed by atoms with Crippen molar-refractivity contribution >= 4 is 8.07 Å². The first-order chi connectivity index (χ1) is 9.01. The molecule has 0 nitrogen and oxygen atoms in total. The smallest absolute Gasteiger partial charge is 0.0544 e. The van der Waals surface area contributed by atoms with Crippen LogP contribution >= 0.6 is 0 Å². The summed E-state index contributed by atoms with van der Waals surface area (Å²) in [5, 5.41) is 0. The van der Waals surface area contributed by atoms with Crippen LogP contribution < -0.4 is 0 Å². The molecule has 110 valence electrons. The summed E-state index contributed by atoms with van der Waals surface area (Å²) >= 11 is 0. The minimum Gasteiger partial charge on any atom is -0.0689 e. The normalized spacial score (nSPS) is 47.4. The molecule has 0 amide bonds. The Labute approximate surface area is 121 Å². The first kappa shape index (κ1) is 14.2. The van der Waals surface area contributed by atoms with E-state index in [1.54, 1.807) is 25.7 Å². The van der Waals surface area contributed by atoms with E-state index in [0.717, 1.165) is 34.8 Å². The lowest BCUT2D eigenvalue weighted by Crippen LogP contribution is -2.43. The van der Waals surface area contributed by atoms with Gasteiger partial charge >= 0.3 is 0 Å². The molecule has 0 heterocycles. The number of fused-ring (bicyclic) bond motifs is 1. The summed E-state index contributed by atoms with van der Waals surface area (Å²) in [4.78, 5) is 0. The monoisotopic (exact) mass is 278 g/mol. The predicted molar refractivity (Wildman–Crippen MR) is 87.2 cm³/mol. The lowest BCUT2D eigenvalue weighted by atomic mass is 9.82. The Morgan fingerprint density at radius 2 is 1.53 bits per heavy atom. The van der Waals surface area contributed by atoms with E-state index in [9.17, 15) is 0 Å².